The summed E-state index contributed by atoms with van der Waals surface area (Å²) in [4.78, 5) is 39.4. The van der Waals surface area contributed by atoms with Gasteiger partial charge in [0.2, 0.25) is 11.8 Å². The quantitative estimate of drug-likeness (QED) is 0.466. The lowest BCUT2D eigenvalue weighted by Crippen LogP contribution is -2.32. The van der Waals surface area contributed by atoms with Crippen LogP contribution in [0.25, 0.3) is 0 Å². The second-order valence-corrected chi connectivity index (χ2v) is 8.15. The summed E-state index contributed by atoms with van der Waals surface area (Å²) in [7, 11) is 0. The van der Waals surface area contributed by atoms with Crippen molar-refractivity contribution in [2.24, 2.45) is 23.7 Å². The zero-order chi connectivity index (χ0) is 19.4. The van der Waals surface area contributed by atoms with Crippen LogP contribution in [0.3, 0.4) is 0 Å². The molecule has 1 aliphatic heterocycles. The molecule has 4 atom stereocenters. The van der Waals surface area contributed by atoms with Gasteiger partial charge in [-0.05, 0) is 74.4 Å². The first-order valence-electron chi connectivity index (χ1n) is 9.79. The van der Waals surface area contributed by atoms with Crippen molar-refractivity contribution < 1.29 is 19.1 Å². The van der Waals surface area contributed by atoms with E-state index in [0.29, 0.717) is 28.8 Å². The van der Waals surface area contributed by atoms with E-state index in [1.807, 2.05) is 19.1 Å². The zero-order valence-electron chi connectivity index (χ0n) is 15.6. The summed E-state index contributed by atoms with van der Waals surface area (Å²) in [5.41, 5.74) is 2.00. The van der Waals surface area contributed by atoms with Crippen LogP contribution in [-0.2, 0) is 9.59 Å². The molecule has 0 aromatic heterocycles. The van der Waals surface area contributed by atoms with E-state index in [-0.39, 0.29) is 23.7 Å². The largest absolute Gasteiger partial charge is 0.423 e. The van der Waals surface area contributed by atoms with Crippen LogP contribution >= 0.6 is 0 Å². The third-order valence-electron chi connectivity index (χ3n) is 6.52. The first kappa shape index (κ1) is 17.2. The predicted molar refractivity (Wildman–Crippen MR) is 103 cm³/mol. The fraction of sp³-hybridized carbons (Fsp3) is 0.348. The maximum absolute atomic E-state index is 12.9. The molecule has 5 rings (SSSR count). The number of benzene rings is 2. The number of anilines is 1. The molecular formula is C23H21NO4. The fourth-order valence-electron chi connectivity index (χ4n) is 5.18. The number of carbonyl (C=O) groups is 3. The van der Waals surface area contributed by atoms with Crippen molar-refractivity contribution in [3.63, 3.8) is 0 Å². The monoisotopic (exact) mass is 375 g/mol. The SMILES string of the molecule is Cc1ccc(OC(=O)c2ccc(N3C(=O)[C@@H]4[C@@H]5CC[C@H](C5)[C@@H]4C3=O)cc2)cc1. The van der Waals surface area contributed by atoms with Crippen LogP contribution in [0.1, 0.15) is 35.2 Å². The molecule has 0 unspecified atom stereocenters. The van der Waals surface area contributed by atoms with Crippen LogP contribution in [0.15, 0.2) is 48.5 Å². The van der Waals surface area contributed by atoms with E-state index < -0.39 is 5.97 Å². The van der Waals surface area contributed by atoms with Crippen LogP contribution in [0.2, 0.25) is 0 Å². The highest BCUT2D eigenvalue weighted by Gasteiger charge is 2.61. The molecule has 5 heteroatoms. The molecule has 28 heavy (non-hydrogen) atoms. The average molecular weight is 375 g/mol. The van der Waals surface area contributed by atoms with Crippen LogP contribution in [0.4, 0.5) is 5.69 Å². The highest BCUT2D eigenvalue weighted by molar-refractivity contribution is 6.22. The number of aryl methyl sites for hydroxylation is 1. The van der Waals surface area contributed by atoms with E-state index in [2.05, 4.69) is 0 Å². The summed E-state index contributed by atoms with van der Waals surface area (Å²) in [6.45, 7) is 1.96. The molecular weight excluding hydrogens is 354 g/mol. The fourth-order valence-corrected chi connectivity index (χ4v) is 5.18. The number of fused-ring (bicyclic) bond motifs is 5. The van der Waals surface area contributed by atoms with Gasteiger partial charge in [-0.15, -0.1) is 0 Å². The molecule has 0 N–H and O–H groups in total. The topological polar surface area (TPSA) is 63.7 Å². The number of imide groups is 1. The molecule has 142 valence electrons. The predicted octanol–water partition coefficient (Wildman–Crippen LogP) is 3.75. The van der Waals surface area contributed by atoms with E-state index in [4.69, 9.17) is 4.74 Å². The van der Waals surface area contributed by atoms with Gasteiger partial charge in [-0.2, -0.15) is 0 Å². The van der Waals surface area contributed by atoms with Crippen molar-refractivity contribution in [3.05, 3.63) is 59.7 Å². The van der Waals surface area contributed by atoms with Gasteiger partial charge in [-0.25, -0.2) is 4.79 Å². The van der Waals surface area contributed by atoms with E-state index in [9.17, 15) is 14.4 Å². The molecule has 1 saturated heterocycles. The number of hydrogen-bond acceptors (Lipinski definition) is 4. The number of ether oxygens (including phenoxy) is 1. The Balaban J connectivity index is 1.34. The van der Waals surface area contributed by atoms with Gasteiger partial charge in [0.15, 0.2) is 0 Å². The minimum absolute atomic E-state index is 0.0721. The molecule has 1 heterocycles. The lowest BCUT2D eigenvalue weighted by atomic mass is 9.81. The Morgan fingerprint density at radius 3 is 2.04 bits per heavy atom. The molecule has 2 aliphatic carbocycles. The van der Waals surface area contributed by atoms with Crippen molar-refractivity contribution in [2.45, 2.75) is 26.2 Å². The average Bonchev–Trinajstić information content (AvgIpc) is 3.38. The van der Waals surface area contributed by atoms with Crippen LogP contribution in [0, 0.1) is 30.6 Å². The van der Waals surface area contributed by atoms with Crippen molar-refractivity contribution in [1.82, 2.24) is 0 Å². The van der Waals surface area contributed by atoms with Gasteiger partial charge < -0.3 is 4.74 Å². The van der Waals surface area contributed by atoms with Gasteiger partial charge in [-0.1, -0.05) is 17.7 Å². The van der Waals surface area contributed by atoms with Crippen molar-refractivity contribution in [1.29, 1.82) is 0 Å². The van der Waals surface area contributed by atoms with Gasteiger partial charge >= 0.3 is 5.97 Å². The summed E-state index contributed by atoms with van der Waals surface area (Å²) in [5.74, 6) is 0.307. The normalized spacial score (nSPS) is 28.0. The first-order chi connectivity index (χ1) is 13.5. The molecule has 2 bridgehead atoms. The molecule has 2 amide bonds. The summed E-state index contributed by atoms with van der Waals surface area (Å²) in [6, 6.07) is 13.8. The molecule has 3 fully saturated rings. The molecule has 0 radical (unpaired) electrons. The number of hydrogen-bond donors (Lipinski definition) is 0. The Hall–Kier alpha value is -2.95. The van der Waals surface area contributed by atoms with Gasteiger partial charge in [-0.3, -0.25) is 14.5 Å². The Kier molecular flexibility index (Phi) is 3.86. The Morgan fingerprint density at radius 2 is 1.46 bits per heavy atom. The van der Waals surface area contributed by atoms with Crippen LogP contribution in [-0.4, -0.2) is 17.8 Å². The minimum Gasteiger partial charge on any atom is -0.423 e. The van der Waals surface area contributed by atoms with Gasteiger partial charge in [0, 0.05) is 0 Å². The highest BCUT2D eigenvalue weighted by atomic mass is 16.5. The van der Waals surface area contributed by atoms with Crippen molar-refractivity contribution >= 4 is 23.5 Å². The third kappa shape index (κ3) is 2.57. The van der Waals surface area contributed by atoms with Crippen LogP contribution < -0.4 is 9.64 Å². The highest BCUT2D eigenvalue weighted by Crippen LogP contribution is 2.56. The number of amides is 2. The molecule has 0 spiro atoms. The lowest BCUT2D eigenvalue weighted by Gasteiger charge is -2.19. The molecule has 2 saturated carbocycles. The number of rotatable bonds is 3. The van der Waals surface area contributed by atoms with Crippen LogP contribution in [0.5, 0.6) is 5.75 Å². The maximum atomic E-state index is 12.9. The molecule has 2 aromatic carbocycles. The van der Waals surface area contributed by atoms with E-state index >= 15 is 0 Å². The molecule has 2 aromatic rings. The lowest BCUT2D eigenvalue weighted by molar-refractivity contribution is -0.123. The first-order valence-corrected chi connectivity index (χ1v) is 9.79. The van der Waals surface area contributed by atoms with Gasteiger partial charge in [0.1, 0.15) is 5.75 Å². The van der Waals surface area contributed by atoms with E-state index in [1.165, 1.54) is 4.90 Å². The zero-order valence-corrected chi connectivity index (χ0v) is 15.6. The smallest absolute Gasteiger partial charge is 0.343 e. The van der Waals surface area contributed by atoms with Gasteiger partial charge in [0.25, 0.3) is 0 Å². The Bertz CT molecular complexity index is 935. The van der Waals surface area contributed by atoms with E-state index in [0.717, 1.165) is 24.8 Å². The third-order valence-corrected chi connectivity index (χ3v) is 6.52. The standard InChI is InChI=1S/C23H21NO4/c1-13-2-10-18(11-3-13)28-23(27)14-6-8-17(9-7-14)24-21(25)19-15-4-5-16(12-15)20(19)22(24)26/h2-3,6-11,15-16,19-20H,4-5,12H2,1H3/t15-,16-,19-,20+/m1/s1. The maximum Gasteiger partial charge on any atom is 0.343 e. The number of esters is 1. The van der Waals surface area contributed by atoms with Crippen molar-refractivity contribution in [3.8, 4) is 5.75 Å². The second kappa shape index (κ2) is 6.30. The summed E-state index contributed by atoms with van der Waals surface area (Å²) in [5, 5.41) is 0. The molecule has 3 aliphatic rings. The summed E-state index contributed by atoms with van der Waals surface area (Å²) < 4.78 is 5.37. The van der Waals surface area contributed by atoms with Crippen molar-refractivity contribution in [2.75, 3.05) is 4.90 Å². The number of carbonyl (C=O) groups excluding carboxylic acids is 3. The second-order valence-electron chi connectivity index (χ2n) is 8.15. The Morgan fingerprint density at radius 1 is 0.893 bits per heavy atom. The summed E-state index contributed by atoms with van der Waals surface area (Å²) in [6.07, 6.45) is 3.13. The van der Waals surface area contributed by atoms with E-state index in [1.54, 1.807) is 36.4 Å². The minimum atomic E-state index is -0.468. The number of nitrogens with zero attached hydrogens (tertiary/aromatic N) is 1. The van der Waals surface area contributed by atoms with Gasteiger partial charge in [0.05, 0.1) is 23.1 Å². The summed E-state index contributed by atoms with van der Waals surface area (Å²) >= 11 is 0. The molecule has 5 nitrogen and oxygen atoms in total. The Labute approximate surface area is 163 Å².